The van der Waals surface area contributed by atoms with E-state index < -0.39 is 0 Å². The second kappa shape index (κ2) is 11.8. The molecular weight excluding hydrogens is 216 g/mol. The van der Waals surface area contributed by atoms with Crippen LogP contribution in [-0.2, 0) is 0 Å². The lowest BCUT2D eigenvalue weighted by Gasteiger charge is -2.11. The van der Waals surface area contributed by atoms with Gasteiger partial charge in [-0.05, 0) is 25.2 Å². The van der Waals surface area contributed by atoms with Gasteiger partial charge in [0.05, 0.1) is 0 Å². The summed E-state index contributed by atoms with van der Waals surface area (Å²) in [7, 11) is 0. The number of allylic oxidation sites excluding steroid dienone is 1. The molecule has 0 aromatic heterocycles. The van der Waals surface area contributed by atoms with Gasteiger partial charge in [-0.3, -0.25) is 0 Å². The Labute approximate surface area is 116 Å². The standard InChI is InChI=1S/C18H36/c1-6-7-13-17(4)14-11-9-8-10-12-15-18(5)16(2)3/h17-18H,2,6-15H2,1,3-5H3. The minimum atomic E-state index is 0.721. The molecule has 0 saturated carbocycles. The van der Waals surface area contributed by atoms with E-state index in [2.05, 4.69) is 34.3 Å². The second-order valence-electron chi connectivity index (χ2n) is 6.34. The average Bonchev–Trinajstić information content (AvgIpc) is 2.34. The first-order valence-electron chi connectivity index (χ1n) is 8.23. The third-order valence-corrected chi connectivity index (χ3v) is 4.23. The van der Waals surface area contributed by atoms with E-state index in [1.165, 1.54) is 69.8 Å². The molecule has 0 nitrogen and oxygen atoms in total. The molecule has 108 valence electrons. The molecule has 0 saturated heterocycles. The van der Waals surface area contributed by atoms with E-state index in [9.17, 15) is 0 Å². The maximum atomic E-state index is 4.03. The second-order valence-corrected chi connectivity index (χ2v) is 6.34. The fraction of sp³-hybridized carbons (Fsp3) is 0.889. The minimum Gasteiger partial charge on any atom is -0.0999 e. The first-order valence-corrected chi connectivity index (χ1v) is 8.23. The molecule has 0 radical (unpaired) electrons. The van der Waals surface area contributed by atoms with Crippen molar-refractivity contribution in [1.82, 2.24) is 0 Å². The number of hydrogen-bond acceptors (Lipinski definition) is 0. The van der Waals surface area contributed by atoms with Crippen LogP contribution in [0.1, 0.15) is 91.9 Å². The van der Waals surface area contributed by atoms with Gasteiger partial charge in [0.25, 0.3) is 0 Å². The molecule has 0 heterocycles. The maximum absolute atomic E-state index is 4.03. The molecule has 0 N–H and O–H groups in total. The first-order chi connectivity index (χ1) is 8.57. The highest BCUT2D eigenvalue weighted by Gasteiger charge is 2.03. The van der Waals surface area contributed by atoms with Crippen molar-refractivity contribution in [2.75, 3.05) is 0 Å². The van der Waals surface area contributed by atoms with Crippen molar-refractivity contribution in [3.63, 3.8) is 0 Å². The molecule has 2 unspecified atom stereocenters. The molecule has 18 heavy (non-hydrogen) atoms. The molecule has 0 aromatic rings. The maximum Gasteiger partial charge on any atom is -0.0237 e. The Kier molecular flexibility index (Phi) is 11.6. The van der Waals surface area contributed by atoms with Gasteiger partial charge in [0.15, 0.2) is 0 Å². The summed E-state index contributed by atoms with van der Waals surface area (Å²) in [5.41, 5.74) is 1.35. The highest BCUT2D eigenvalue weighted by atomic mass is 14.1. The Morgan fingerprint density at radius 2 is 1.33 bits per heavy atom. The molecule has 0 aromatic carbocycles. The van der Waals surface area contributed by atoms with Gasteiger partial charge >= 0.3 is 0 Å². The quantitative estimate of drug-likeness (QED) is 0.266. The van der Waals surface area contributed by atoms with Crippen molar-refractivity contribution in [3.05, 3.63) is 12.2 Å². The van der Waals surface area contributed by atoms with Gasteiger partial charge in [-0.15, -0.1) is 0 Å². The summed E-state index contributed by atoms with van der Waals surface area (Å²) in [4.78, 5) is 0. The third kappa shape index (κ3) is 10.9. The van der Waals surface area contributed by atoms with E-state index >= 15 is 0 Å². The van der Waals surface area contributed by atoms with Crippen LogP contribution in [0.3, 0.4) is 0 Å². The third-order valence-electron chi connectivity index (χ3n) is 4.23. The van der Waals surface area contributed by atoms with Crippen LogP contribution in [0.25, 0.3) is 0 Å². The summed E-state index contributed by atoms with van der Waals surface area (Å²) in [6, 6.07) is 0. The van der Waals surface area contributed by atoms with Crippen LogP contribution >= 0.6 is 0 Å². The van der Waals surface area contributed by atoms with E-state index in [1.54, 1.807) is 0 Å². The lowest BCUT2D eigenvalue weighted by molar-refractivity contribution is 0.439. The van der Waals surface area contributed by atoms with Gasteiger partial charge in [-0.2, -0.15) is 0 Å². The highest BCUT2D eigenvalue weighted by Crippen LogP contribution is 2.19. The van der Waals surface area contributed by atoms with Crippen LogP contribution in [-0.4, -0.2) is 0 Å². The lowest BCUT2D eigenvalue weighted by Crippen LogP contribution is -1.96. The Bertz CT molecular complexity index is 192. The largest absolute Gasteiger partial charge is 0.0999 e. The van der Waals surface area contributed by atoms with Crippen molar-refractivity contribution in [2.45, 2.75) is 91.9 Å². The Hall–Kier alpha value is -0.260. The first kappa shape index (κ1) is 17.7. The van der Waals surface area contributed by atoms with Crippen molar-refractivity contribution in [2.24, 2.45) is 11.8 Å². The molecule has 0 rings (SSSR count). The van der Waals surface area contributed by atoms with Gasteiger partial charge in [0.2, 0.25) is 0 Å². The van der Waals surface area contributed by atoms with Crippen molar-refractivity contribution < 1.29 is 0 Å². The van der Waals surface area contributed by atoms with E-state index in [0.717, 1.165) is 11.8 Å². The van der Waals surface area contributed by atoms with Crippen molar-refractivity contribution in [3.8, 4) is 0 Å². The van der Waals surface area contributed by atoms with Crippen molar-refractivity contribution in [1.29, 1.82) is 0 Å². The summed E-state index contributed by atoms with van der Waals surface area (Å²) in [5, 5.41) is 0. The molecule has 0 fully saturated rings. The molecule has 0 heteroatoms. The van der Waals surface area contributed by atoms with Crippen LogP contribution in [0.5, 0.6) is 0 Å². The van der Waals surface area contributed by atoms with Gasteiger partial charge in [0, 0.05) is 0 Å². The predicted octanol–water partition coefficient (Wildman–Crippen LogP) is 6.76. The van der Waals surface area contributed by atoms with Crippen LogP contribution in [0.2, 0.25) is 0 Å². The lowest BCUT2D eigenvalue weighted by atomic mass is 9.95. The predicted molar refractivity (Wildman–Crippen MR) is 85.0 cm³/mol. The van der Waals surface area contributed by atoms with E-state index in [4.69, 9.17) is 0 Å². The smallest absolute Gasteiger partial charge is 0.0237 e. The van der Waals surface area contributed by atoms with E-state index in [-0.39, 0.29) is 0 Å². The zero-order valence-electron chi connectivity index (χ0n) is 13.4. The fourth-order valence-electron chi connectivity index (χ4n) is 2.42. The van der Waals surface area contributed by atoms with Gasteiger partial charge < -0.3 is 0 Å². The summed E-state index contributed by atoms with van der Waals surface area (Å²) >= 11 is 0. The molecule has 2 atom stereocenters. The normalized spacial score (nSPS) is 14.4. The highest BCUT2D eigenvalue weighted by molar-refractivity contribution is 4.93. The van der Waals surface area contributed by atoms with E-state index in [0.29, 0.717) is 0 Å². The Morgan fingerprint density at radius 3 is 1.89 bits per heavy atom. The molecule has 0 bridgehead atoms. The molecule has 0 aliphatic heterocycles. The topological polar surface area (TPSA) is 0 Å². The van der Waals surface area contributed by atoms with Gasteiger partial charge in [-0.1, -0.05) is 90.7 Å². The molecule has 0 aliphatic carbocycles. The Morgan fingerprint density at radius 1 is 0.833 bits per heavy atom. The van der Waals surface area contributed by atoms with Crippen LogP contribution in [0, 0.1) is 11.8 Å². The monoisotopic (exact) mass is 252 g/mol. The fourth-order valence-corrected chi connectivity index (χ4v) is 2.42. The van der Waals surface area contributed by atoms with Crippen LogP contribution in [0.15, 0.2) is 12.2 Å². The number of rotatable bonds is 12. The SMILES string of the molecule is C=C(C)C(C)CCCCCCCC(C)CCCC. The molecule has 0 amide bonds. The zero-order chi connectivity index (χ0) is 13.8. The minimum absolute atomic E-state index is 0.721. The summed E-state index contributed by atoms with van der Waals surface area (Å²) in [6.07, 6.45) is 14.1. The molecule has 0 spiro atoms. The molecule has 0 aliphatic rings. The molecular formula is C18H36. The van der Waals surface area contributed by atoms with Gasteiger partial charge in [0.1, 0.15) is 0 Å². The van der Waals surface area contributed by atoms with Crippen molar-refractivity contribution >= 4 is 0 Å². The zero-order valence-corrected chi connectivity index (χ0v) is 13.4. The van der Waals surface area contributed by atoms with E-state index in [1.807, 2.05) is 0 Å². The van der Waals surface area contributed by atoms with Crippen LogP contribution in [0.4, 0.5) is 0 Å². The number of hydrogen-bond donors (Lipinski definition) is 0. The summed E-state index contributed by atoms with van der Waals surface area (Å²) < 4.78 is 0. The summed E-state index contributed by atoms with van der Waals surface area (Å²) in [5.74, 6) is 1.67. The average molecular weight is 252 g/mol. The number of unbranched alkanes of at least 4 members (excludes halogenated alkanes) is 5. The Balaban J connectivity index is 3.23. The van der Waals surface area contributed by atoms with Crippen LogP contribution < -0.4 is 0 Å². The summed E-state index contributed by atoms with van der Waals surface area (Å²) in [6.45, 7) is 13.2. The van der Waals surface area contributed by atoms with Gasteiger partial charge in [-0.25, -0.2) is 0 Å².